The zero-order chi connectivity index (χ0) is 28.9. The lowest BCUT2D eigenvalue weighted by Crippen LogP contribution is -2.63. The molecule has 1 N–H and O–H groups in total. The van der Waals surface area contributed by atoms with Gasteiger partial charge in [-0.25, -0.2) is 9.69 Å². The molecular formula is C21H14F9NO6S. The number of benzene rings is 2. The van der Waals surface area contributed by atoms with Crippen LogP contribution in [-0.4, -0.2) is 53.7 Å². The van der Waals surface area contributed by atoms with Gasteiger partial charge < -0.3 is 9.29 Å². The van der Waals surface area contributed by atoms with E-state index in [1.165, 1.54) is 24.3 Å². The molecule has 1 fully saturated rings. The number of hydrogen-bond donors (Lipinski definition) is 1. The Kier molecular flexibility index (Phi) is 7.15. The number of hydrogen-bond acceptors (Lipinski definition) is 5. The van der Waals surface area contributed by atoms with Crippen molar-refractivity contribution in [1.82, 2.24) is 4.90 Å². The van der Waals surface area contributed by atoms with E-state index < -0.39 is 57.2 Å². The fraction of sp³-hybridized carbons (Fsp3) is 0.333. The highest BCUT2D eigenvalue weighted by Gasteiger charge is 2.86. The summed E-state index contributed by atoms with van der Waals surface area (Å²) in [4.78, 5) is 23.7. The molecule has 7 nitrogen and oxygen atoms in total. The highest BCUT2D eigenvalue weighted by Crippen LogP contribution is 2.55. The van der Waals surface area contributed by atoms with Gasteiger partial charge in [-0.2, -0.15) is 47.9 Å². The van der Waals surface area contributed by atoms with Crippen LogP contribution in [0.25, 0.3) is 11.1 Å². The van der Waals surface area contributed by atoms with E-state index in [0.29, 0.717) is 28.2 Å². The molecule has 0 saturated carbocycles. The average Bonchev–Trinajstić information content (AvgIpc) is 3.20. The van der Waals surface area contributed by atoms with Crippen LogP contribution in [0.5, 0.6) is 5.75 Å². The van der Waals surface area contributed by atoms with Crippen LogP contribution in [0.4, 0.5) is 44.3 Å². The molecule has 2 aromatic rings. The molecule has 3 rings (SSSR count). The number of carbonyl (C=O) groups is 2. The largest absolute Gasteiger partial charge is 0.465 e. The number of carboxylic acid groups (broad SMARTS) is 1. The first-order valence-corrected chi connectivity index (χ1v) is 11.5. The van der Waals surface area contributed by atoms with Gasteiger partial charge in [-0.05, 0) is 35.2 Å². The zero-order valence-electron chi connectivity index (χ0n) is 18.4. The maximum absolute atomic E-state index is 13.8. The summed E-state index contributed by atoms with van der Waals surface area (Å²) in [5.74, 6) is -16.5. The molecule has 1 aliphatic heterocycles. The second-order valence-corrected chi connectivity index (χ2v) is 9.54. The van der Waals surface area contributed by atoms with Crippen LogP contribution < -0.4 is 4.18 Å². The highest BCUT2D eigenvalue weighted by atomic mass is 32.2. The summed E-state index contributed by atoms with van der Waals surface area (Å²) in [5, 5.41) is 2.21. The third-order valence-corrected chi connectivity index (χ3v) is 6.83. The number of amides is 2. The van der Waals surface area contributed by atoms with Gasteiger partial charge in [-0.1, -0.05) is 36.4 Å². The molecule has 1 heterocycles. The molecule has 1 saturated heterocycles. The van der Waals surface area contributed by atoms with Gasteiger partial charge in [-0.15, -0.1) is 0 Å². The third kappa shape index (κ3) is 4.74. The van der Waals surface area contributed by atoms with Crippen LogP contribution >= 0.6 is 0 Å². The Labute approximate surface area is 207 Å². The van der Waals surface area contributed by atoms with Crippen molar-refractivity contribution in [3.05, 3.63) is 54.1 Å². The van der Waals surface area contributed by atoms with E-state index in [2.05, 4.69) is 4.18 Å². The van der Waals surface area contributed by atoms with E-state index in [1.807, 2.05) is 0 Å². The summed E-state index contributed by atoms with van der Waals surface area (Å²) in [6.07, 6.45) is -8.38. The summed E-state index contributed by atoms with van der Waals surface area (Å²) in [7, 11) is -7.07. The Morgan fingerprint density at radius 2 is 1.32 bits per heavy atom. The van der Waals surface area contributed by atoms with E-state index in [0.717, 1.165) is 12.1 Å². The molecular weight excluding hydrogens is 565 g/mol. The van der Waals surface area contributed by atoms with Crippen molar-refractivity contribution < 1.29 is 66.8 Å². The van der Waals surface area contributed by atoms with E-state index >= 15 is 0 Å². The van der Waals surface area contributed by atoms with E-state index in [9.17, 15) is 62.6 Å². The summed E-state index contributed by atoms with van der Waals surface area (Å²) in [6.45, 7) is 0. The zero-order valence-corrected chi connectivity index (χ0v) is 19.2. The van der Waals surface area contributed by atoms with Gasteiger partial charge in [0.2, 0.25) is 5.91 Å². The van der Waals surface area contributed by atoms with E-state index in [1.54, 1.807) is 0 Å². The SMILES string of the molecule is O=C(O)N1C(=O)CCC1c1ccc(-c2ccc(OS(=O)(=O)C(F)(F)C(F)(F)C(F)(F)C(F)(F)F)cc2)cc1. The van der Waals surface area contributed by atoms with Crippen molar-refractivity contribution in [3.63, 3.8) is 0 Å². The lowest BCUT2D eigenvalue weighted by molar-refractivity contribution is -0.382. The quantitative estimate of drug-likeness (QED) is 0.327. The van der Waals surface area contributed by atoms with Crippen molar-refractivity contribution >= 4 is 22.1 Å². The van der Waals surface area contributed by atoms with Gasteiger partial charge in [0.15, 0.2) is 0 Å². The van der Waals surface area contributed by atoms with Crippen LogP contribution in [-0.2, 0) is 14.9 Å². The van der Waals surface area contributed by atoms with Crippen molar-refractivity contribution in [3.8, 4) is 16.9 Å². The van der Waals surface area contributed by atoms with Gasteiger partial charge >= 0.3 is 39.5 Å². The number of imide groups is 1. The Bertz CT molecular complexity index is 1330. The van der Waals surface area contributed by atoms with Gasteiger partial charge in [0, 0.05) is 6.42 Å². The van der Waals surface area contributed by atoms with Crippen molar-refractivity contribution in [2.75, 3.05) is 0 Å². The number of halogens is 9. The van der Waals surface area contributed by atoms with E-state index in [-0.39, 0.29) is 18.4 Å². The number of carbonyl (C=O) groups excluding carboxylic acids is 1. The standard InChI is InChI=1S/C21H14F9NO6S/c22-18(23,20(26,27)28)19(24,25)21(29,30)38(35,36)37-14-7-5-12(6-8-14)11-1-3-13(4-2-11)15-9-10-16(32)31(15)17(33)34/h1-8,15H,9-10H2,(H,33,34). The lowest BCUT2D eigenvalue weighted by Gasteiger charge is -2.32. The van der Waals surface area contributed by atoms with Crippen LogP contribution in [0.15, 0.2) is 48.5 Å². The smallest absolute Gasteiger partial charge is 0.460 e. The summed E-state index contributed by atoms with van der Waals surface area (Å²) < 4.78 is 144. The molecule has 2 aromatic carbocycles. The van der Waals surface area contributed by atoms with Crippen LogP contribution in [0.2, 0.25) is 0 Å². The van der Waals surface area contributed by atoms with Gasteiger partial charge in [-0.3, -0.25) is 4.79 Å². The number of nitrogens with zero attached hydrogens (tertiary/aromatic N) is 1. The Balaban J connectivity index is 1.80. The molecule has 0 bridgehead atoms. The monoisotopic (exact) mass is 579 g/mol. The minimum atomic E-state index is -7.42. The minimum Gasteiger partial charge on any atom is -0.465 e. The second kappa shape index (κ2) is 9.36. The van der Waals surface area contributed by atoms with Gasteiger partial charge in [0.25, 0.3) is 0 Å². The number of rotatable bonds is 7. The van der Waals surface area contributed by atoms with Gasteiger partial charge in [0.05, 0.1) is 6.04 Å². The van der Waals surface area contributed by atoms with Crippen LogP contribution in [0.3, 0.4) is 0 Å². The van der Waals surface area contributed by atoms with Crippen molar-refractivity contribution in [2.45, 2.75) is 42.2 Å². The first-order valence-electron chi connectivity index (χ1n) is 10.1. The normalized spacial score (nSPS) is 17.6. The Morgan fingerprint density at radius 1 is 0.842 bits per heavy atom. The third-order valence-electron chi connectivity index (χ3n) is 5.54. The molecule has 1 aliphatic rings. The fourth-order valence-electron chi connectivity index (χ4n) is 3.54. The molecule has 38 heavy (non-hydrogen) atoms. The maximum atomic E-state index is 13.8. The lowest BCUT2D eigenvalue weighted by atomic mass is 9.99. The Morgan fingerprint density at radius 3 is 1.76 bits per heavy atom. The summed E-state index contributed by atoms with van der Waals surface area (Å²) in [6, 6.07) is 8.50. The van der Waals surface area contributed by atoms with Crippen LogP contribution in [0, 0.1) is 0 Å². The molecule has 1 atom stereocenters. The van der Waals surface area contributed by atoms with E-state index in [4.69, 9.17) is 0 Å². The first kappa shape index (κ1) is 29.1. The first-order chi connectivity index (χ1) is 17.2. The summed E-state index contributed by atoms with van der Waals surface area (Å²) >= 11 is 0. The molecule has 208 valence electrons. The molecule has 17 heteroatoms. The molecule has 2 amide bonds. The van der Waals surface area contributed by atoms with Crippen molar-refractivity contribution in [2.24, 2.45) is 0 Å². The molecule has 0 radical (unpaired) electrons. The molecule has 0 aromatic heterocycles. The fourth-order valence-corrected chi connectivity index (χ4v) is 4.45. The maximum Gasteiger partial charge on any atom is 0.460 e. The predicted molar refractivity (Wildman–Crippen MR) is 109 cm³/mol. The topological polar surface area (TPSA) is 101 Å². The number of likely N-dealkylation sites (tertiary alicyclic amines) is 1. The minimum absolute atomic E-state index is 0.0158. The van der Waals surface area contributed by atoms with Gasteiger partial charge in [0.1, 0.15) is 5.75 Å². The highest BCUT2D eigenvalue weighted by molar-refractivity contribution is 7.88. The van der Waals surface area contributed by atoms with Crippen LogP contribution in [0.1, 0.15) is 24.4 Å². The number of alkyl halides is 9. The molecule has 0 aliphatic carbocycles. The Hall–Kier alpha value is -3.50. The predicted octanol–water partition coefficient (Wildman–Crippen LogP) is 5.83. The average molecular weight is 579 g/mol. The molecule has 0 spiro atoms. The second-order valence-electron chi connectivity index (χ2n) is 7.95. The summed E-state index contributed by atoms with van der Waals surface area (Å²) in [5.41, 5.74) is 1.10. The molecule has 1 unspecified atom stereocenters. The van der Waals surface area contributed by atoms with Crippen molar-refractivity contribution in [1.29, 1.82) is 0 Å².